The van der Waals surface area contributed by atoms with Gasteiger partial charge in [0.1, 0.15) is 0 Å². The highest BCUT2D eigenvalue weighted by atomic mass is 32.2. The Balaban J connectivity index is 1.42. The molecule has 1 heterocycles. The molecule has 1 aliphatic rings. The van der Waals surface area contributed by atoms with Crippen LogP contribution in [0.1, 0.15) is 21.5 Å². The van der Waals surface area contributed by atoms with E-state index in [0.717, 1.165) is 38.3 Å². The number of hydrogen-bond acceptors (Lipinski definition) is 6. The SMILES string of the molecule is CN1CCN(CCS(=O)(=O)Nc2cc(NC(=O)c3ccc(-c4ccc(C(F)(F)F)cc4)cc3)ccc2CCO)CC1. The fraction of sp³-hybridized carbons (Fsp3) is 0.345. The molecule has 0 aliphatic carbocycles. The number of sulfonamides is 1. The zero-order valence-corrected chi connectivity index (χ0v) is 23.4. The molecule has 0 unspecified atom stereocenters. The predicted octanol–water partition coefficient (Wildman–Crippen LogP) is 4.15. The molecule has 0 bridgehead atoms. The molecule has 220 valence electrons. The summed E-state index contributed by atoms with van der Waals surface area (Å²) in [6.45, 7) is 3.59. The lowest BCUT2D eigenvalue weighted by molar-refractivity contribution is -0.137. The van der Waals surface area contributed by atoms with Gasteiger partial charge in [-0.3, -0.25) is 14.4 Å². The van der Waals surface area contributed by atoms with Gasteiger partial charge in [-0.05, 0) is 66.6 Å². The first-order valence-electron chi connectivity index (χ1n) is 13.2. The zero-order chi connectivity index (χ0) is 29.6. The summed E-state index contributed by atoms with van der Waals surface area (Å²) in [6.07, 6.45) is -4.18. The molecule has 1 fully saturated rings. The number of aliphatic hydroxyl groups excluding tert-OH is 1. The number of aliphatic hydroxyl groups is 1. The van der Waals surface area contributed by atoms with E-state index < -0.39 is 27.7 Å². The highest BCUT2D eigenvalue weighted by molar-refractivity contribution is 7.92. The lowest BCUT2D eigenvalue weighted by Crippen LogP contribution is -2.46. The molecule has 1 aliphatic heterocycles. The Hall–Kier alpha value is -3.45. The van der Waals surface area contributed by atoms with E-state index in [1.165, 1.54) is 18.2 Å². The van der Waals surface area contributed by atoms with Crippen molar-refractivity contribution >= 4 is 27.3 Å². The maximum Gasteiger partial charge on any atom is 0.416 e. The topological polar surface area (TPSA) is 102 Å². The van der Waals surface area contributed by atoms with Gasteiger partial charge >= 0.3 is 6.18 Å². The summed E-state index contributed by atoms with van der Waals surface area (Å²) in [4.78, 5) is 17.2. The van der Waals surface area contributed by atoms with Crippen molar-refractivity contribution in [1.82, 2.24) is 9.80 Å². The van der Waals surface area contributed by atoms with Crippen LogP contribution in [0.25, 0.3) is 11.1 Å². The van der Waals surface area contributed by atoms with Crippen LogP contribution in [0.2, 0.25) is 0 Å². The molecule has 41 heavy (non-hydrogen) atoms. The minimum atomic E-state index is -4.42. The summed E-state index contributed by atoms with van der Waals surface area (Å²) >= 11 is 0. The first-order valence-corrected chi connectivity index (χ1v) is 14.8. The Kier molecular flexibility index (Phi) is 9.69. The molecule has 0 saturated carbocycles. The van der Waals surface area contributed by atoms with Crippen molar-refractivity contribution in [3.05, 3.63) is 83.4 Å². The van der Waals surface area contributed by atoms with Crippen molar-refractivity contribution in [1.29, 1.82) is 0 Å². The average Bonchev–Trinajstić information content (AvgIpc) is 2.94. The number of amides is 1. The van der Waals surface area contributed by atoms with Crippen LogP contribution in [0.3, 0.4) is 0 Å². The molecule has 0 aromatic heterocycles. The highest BCUT2D eigenvalue weighted by Crippen LogP contribution is 2.31. The lowest BCUT2D eigenvalue weighted by atomic mass is 10.0. The number of carbonyl (C=O) groups excluding carboxylic acids is 1. The maximum absolute atomic E-state index is 12.9. The van der Waals surface area contributed by atoms with Gasteiger partial charge in [0.15, 0.2) is 0 Å². The number of likely N-dealkylation sites (N-methyl/N-ethyl adjacent to an activating group) is 1. The van der Waals surface area contributed by atoms with Crippen molar-refractivity contribution in [2.24, 2.45) is 0 Å². The van der Waals surface area contributed by atoms with Crippen LogP contribution < -0.4 is 10.0 Å². The van der Waals surface area contributed by atoms with E-state index in [4.69, 9.17) is 0 Å². The normalized spacial score (nSPS) is 15.0. The molecule has 0 radical (unpaired) electrons. The van der Waals surface area contributed by atoms with Crippen LogP contribution in [0.5, 0.6) is 0 Å². The summed E-state index contributed by atoms with van der Waals surface area (Å²) in [5, 5.41) is 12.2. The van der Waals surface area contributed by atoms with Crippen molar-refractivity contribution in [2.75, 3.05) is 62.2 Å². The van der Waals surface area contributed by atoms with Crippen LogP contribution in [-0.2, 0) is 22.6 Å². The second-order valence-corrected chi connectivity index (χ2v) is 11.9. The number of nitrogens with zero attached hydrogens (tertiary/aromatic N) is 2. The van der Waals surface area contributed by atoms with Crippen molar-refractivity contribution in [3.63, 3.8) is 0 Å². The third kappa shape index (κ3) is 8.52. The lowest BCUT2D eigenvalue weighted by Gasteiger charge is -2.32. The highest BCUT2D eigenvalue weighted by Gasteiger charge is 2.30. The number of hydrogen-bond donors (Lipinski definition) is 3. The minimum absolute atomic E-state index is 0.0862. The van der Waals surface area contributed by atoms with Crippen molar-refractivity contribution in [3.8, 4) is 11.1 Å². The van der Waals surface area contributed by atoms with Crippen LogP contribution in [0, 0.1) is 0 Å². The molecule has 1 saturated heterocycles. The number of benzene rings is 3. The molecule has 0 spiro atoms. The molecule has 0 atom stereocenters. The van der Waals surface area contributed by atoms with Gasteiger partial charge in [-0.1, -0.05) is 30.3 Å². The van der Waals surface area contributed by atoms with Gasteiger partial charge in [0.2, 0.25) is 10.0 Å². The number of alkyl halides is 3. The van der Waals surface area contributed by atoms with Gasteiger partial charge < -0.3 is 15.3 Å². The molecule has 4 rings (SSSR count). The Morgan fingerprint density at radius 2 is 1.54 bits per heavy atom. The molecule has 1 amide bonds. The number of carbonyl (C=O) groups is 1. The first-order chi connectivity index (χ1) is 19.4. The van der Waals surface area contributed by atoms with Crippen molar-refractivity contribution < 1.29 is 31.5 Å². The molecule has 3 N–H and O–H groups in total. The van der Waals surface area contributed by atoms with Gasteiger partial charge in [0.25, 0.3) is 5.91 Å². The second kappa shape index (κ2) is 13.0. The molecule has 3 aromatic rings. The van der Waals surface area contributed by atoms with Gasteiger partial charge in [0.05, 0.1) is 17.0 Å². The Morgan fingerprint density at radius 3 is 2.12 bits per heavy atom. The smallest absolute Gasteiger partial charge is 0.396 e. The van der Waals surface area contributed by atoms with E-state index >= 15 is 0 Å². The number of rotatable bonds is 10. The molecule has 8 nitrogen and oxygen atoms in total. The number of nitrogens with one attached hydrogen (secondary N) is 2. The first kappa shape index (κ1) is 30.5. The van der Waals surface area contributed by atoms with Gasteiger partial charge in [0, 0.05) is 50.6 Å². The van der Waals surface area contributed by atoms with E-state index in [1.54, 1.807) is 36.4 Å². The zero-order valence-electron chi connectivity index (χ0n) is 22.6. The number of halogens is 3. The van der Waals surface area contributed by atoms with Crippen LogP contribution in [0.15, 0.2) is 66.7 Å². The molecular weight excluding hydrogens is 557 g/mol. The molecule has 12 heteroatoms. The van der Waals surface area contributed by atoms with Crippen LogP contribution >= 0.6 is 0 Å². The summed E-state index contributed by atoms with van der Waals surface area (Å²) < 4.78 is 66.9. The third-order valence-electron chi connectivity index (χ3n) is 6.98. The van der Waals surface area contributed by atoms with Gasteiger partial charge in [-0.2, -0.15) is 13.2 Å². The molecular formula is C29H33F3N4O4S. The monoisotopic (exact) mass is 590 g/mol. The van der Waals surface area contributed by atoms with Crippen molar-refractivity contribution in [2.45, 2.75) is 12.6 Å². The van der Waals surface area contributed by atoms with E-state index in [2.05, 4.69) is 19.8 Å². The number of anilines is 2. The van der Waals surface area contributed by atoms with E-state index in [0.29, 0.717) is 34.5 Å². The Labute approximate surface area is 237 Å². The third-order valence-corrected chi connectivity index (χ3v) is 8.23. The van der Waals surface area contributed by atoms with E-state index in [9.17, 15) is 31.5 Å². The predicted molar refractivity (Wildman–Crippen MR) is 153 cm³/mol. The quantitative estimate of drug-likeness (QED) is 0.328. The van der Waals surface area contributed by atoms with E-state index in [-0.39, 0.29) is 24.5 Å². The Morgan fingerprint density at radius 1 is 0.927 bits per heavy atom. The number of piperazine rings is 1. The van der Waals surface area contributed by atoms with Crippen LogP contribution in [0.4, 0.5) is 24.5 Å². The molecule has 3 aromatic carbocycles. The maximum atomic E-state index is 12.9. The minimum Gasteiger partial charge on any atom is -0.396 e. The van der Waals surface area contributed by atoms with Crippen LogP contribution in [-0.4, -0.2) is 81.4 Å². The summed E-state index contributed by atoms with van der Waals surface area (Å²) in [6, 6.07) is 16.0. The van der Waals surface area contributed by atoms with Gasteiger partial charge in [-0.25, -0.2) is 8.42 Å². The fourth-order valence-corrected chi connectivity index (χ4v) is 5.62. The average molecular weight is 591 g/mol. The largest absolute Gasteiger partial charge is 0.416 e. The standard InChI is InChI=1S/C29H33F3N4O4S/c1-35-13-15-36(16-14-35)17-19-41(39,40)34-27-20-26(11-8-23(27)12-18-37)33-28(38)24-4-2-21(3-5-24)22-6-9-25(10-7-22)29(30,31)32/h2-11,20,34,37H,12-19H2,1H3,(H,33,38). The fourth-order valence-electron chi connectivity index (χ4n) is 4.50. The summed E-state index contributed by atoms with van der Waals surface area (Å²) in [5.74, 6) is -0.528. The van der Waals surface area contributed by atoms with Gasteiger partial charge in [-0.15, -0.1) is 0 Å². The summed E-state index contributed by atoms with van der Waals surface area (Å²) in [5.41, 5.74) is 2.04. The summed E-state index contributed by atoms with van der Waals surface area (Å²) in [7, 11) is -1.66. The Bertz CT molecular complexity index is 1440. The van der Waals surface area contributed by atoms with E-state index in [1.807, 2.05) is 7.05 Å². The second-order valence-electron chi connectivity index (χ2n) is 10.0.